The van der Waals surface area contributed by atoms with Crippen molar-refractivity contribution in [2.45, 2.75) is 51.2 Å². The summed E-state index contributed by atoms with van der Waals surface area (Å²) in [5.74, 6) is 1.56. The maximum Gasteiger partial charge on any atom is 0.255 e. The Balaban J connectivity index is 1.57. The molecule has 2 heterocycles. The number of amides is 1. The van der Waals surface area contributed by atoms with E-state index in [0.717, 1.165) is 32.3 Å². The van der Waals surface area contributed by atoms with E-state index >= 15 is 0 Å². The van der Waals surface area contributed by atoms with E-state index < -0.39 is 0 Å². The van der Waals surface area contributed by atoms with Gasteiger partial charge in [0.1, 0.15) is 11.5 Å². The molecule has 1 N–H and O–H groups in total. The Hall–Kier alpha value is -1.62. The smallest absolute Gasteiger partial charge is 0.255 e. The molecule has 0 spiro atoms. The molecule has 1 saturated carbocycles. The van der Waals surface area contributed by atoms with Crippen molar-refractivity contribution < 1.29 is 18.7 Å². The summed E-state index contributed by atoms with van der Waals surface area (Å²) in [5.41, 5.74) is 0.979. The highest BCUT2D eigenvalue weighted by Crippen LogP contribution is 2.39. The van der Waals surface area contributed by atoms with Gasteiger partial charge in [0.15, 0.2) is 5.78 Å². The highest BCUT2D eigenvalue weighted by atomic mass is 16.5. The van der Waals surface area contributed by atoms with Gasteiger partial charge in [0.2, 0.25) is 0 Å². The Morgan fingerprint density at radius 2 is 2.19 bits per heavy atom. The monoisotopic (exact) mass is 289 g/mol. The molecule has 1 amide bonds. The second kappa shape index (κ2) is 4.70. The van der Waals surface area contributed by atoms with Crippen LogP contribution in [0.3, 0.4) is 0 Å². The molecule has 1 saturated heterocycles. The zero-order valence-electron chi connectivity index (χ0n) is 12.1. The van der Waals surface area contributed by atoms with Crippen molar-refractivity contribution in [1.29, 1.82) is 0 Å². The van der Waals surface area contributed by atoms with Crippen molar-refractivity contribution in [3.05, 3.63) is 22.6 Å². The van der Waals surface area contributed by atoms with Gasteiger partial charge in [-0.3, -0.25) is 9.59 Å². The molecular weight excluding hydrogens is 270 g/mol. The number of Topliss-reactive ketones (excluding diaryl/α,β-unsaturated/α-hetero) is 1. The maximum absolute atomic E-state index is 12.6. The summed E-state index contributed by atoms with van der Waals surface area (Å²) in [6, 6.07) is 0.175. The molecule has 21 heavy (non-hydrogen) atoms. The fraction of sp³-hybridized carbons (Fsp3) is 0.625. The van der Waals surface area contributed by atoms with Crippen LogP contribution in [0.4, 0.5) is 0 Å². The average Bonchev–Trinajstić information content (AvgIpc) is 2.96. The van der Waals surface area contributed by atoms with Crippen LogP contribution in [0.15, 0.2) is 4.42 Å². The van der Waals surface area contributed by atoms with Crippen molar-refractivity contribution in [2.75, 3.05) is 6.61 Å². The van der Waals surface area contributed by atoms with E-state index in [2.05, 4.69) is 5.32 Å². The lowest BCUT2D eigenvalue weighted by Crippen LogP contribution is -2.53. The molecule has 4 rings (SSSR count). The Morgan fingerprint density at radius 3 is 3.00 bits per heavy atom. The van der Waals surface area contributed by atoms with Crippen LogP contribution in [0.5, 0.6) is 0 Å². The van der Waals surface area contributed by atoms with Crippen LogP contribution in [0.1, 0.15) is 57.9 Å². The van der Waals surface area contributed by atoms with Gasteiger partial charge in [0.25, 0.3) is 5.91 Å². The molecule has 3 atom stereocenters. The Kier molecular flexibility index (Phi) is 2.92. The lowest BCUT2D eigenvalue weighted by atomic mass is 9.76. The molecule has 1 aromatic heterocycles. The second-order valence-electron chi connectivity index (χ2n) is 6.29. The Bertz CT molecular complexity index is 618. The van der Waals surface area contributed by atoms with E-state index in [0.29, 0.717) is 41.1 Å². The quantitative estimate of drug-likeness (QED) is 0.904. The molecule has 5 nitrogen and oxygen atoms in total. The number of nitrogens with one attached hydrogen (secondary N) is 1. The fourth-order valence-corrected chi connectivity index (χ4v) is 3.89. The molecule has 0 aromatic carbocycles. The van der Waals surface area contributed by atoms with Crippen LogP contribution in [0.25, 0.3) is 0 Å². The lowest BCUT2D eigenvalue weighted by Gasteiger charge is -2.39. The van der Waals surface area contributed by atoms with Gasteiger partial charge in [-0.1, -0.05) is 0 Å². The number of rotatable bonds is 2. The van der Waals surface area contributed by atoms with Gasteiger partial charge in [-0.15, -0.1) is 0 Å². The predicted molar refractivity (Wildman–Crippen MR) is 74.4 cm³/mol. The van der Waals surface area contributed by atoms with Crippen LogP contribution >= 0.6 is 0 Å². The molecule has 1 aliphatic heterocycles. The lowest BCUT2D eigenvalue weighted by molar-refractivity contribution is 0.00806. The third-order valence-electron chi connectivity index (χ3n) is 5.05. The third-order valence-corrected chi connectivity index (χ3v) is 5.05. The summed E-state index contributed by atoms with van der Waals surface area (Å²) < 4.78 is 11.2. The molecule has 0 unspecified atom stereocenters. The number of hydrogen-bond donors (Lipinski definition) is 1. The summed E-state index contributed by atoms with van der Waals surface area (Å²) in [6.45, 7) is 2.56. The molecule has 2 aliphatic carbocycles. The van der Waals surface area contributed by atoms with Crippen molar-refractivity contribution in [2.24, 2.45) is 5.92 Å². The zero-order chi connectivity index (χ0) is 14.6. The standard InChI is InChI=1S/C16H19NO4/c1-8-14(15-11(18)3-2-4-12(15)21-8)16(19)17-10-7-13-9(10)5-6-20-13/h9-10,13H,2-7H2,1H3,(H,17,19)/t9-,10+,13+/m1/s1. The second-order valence-corrected chi connectivity index (χ2v) is 6.29. The molecule has 0 radical (unpaired) electrons. The molecule has 0 bridgehead atoms. The van der Waals surface area contributed by atoms with Gasteiger partial charge in [-0.2, -0.15) is 0 Å². The summed E-state index contributed by atoms with van der Waals surface area (Å²) in [5, 5.41) is 3.07. The first-order valence-corrected chi connectivity index (χ1v) is 7.73. The summed E-state index contributed by atoms with van der Waals surface area (Å²) in [4.78, 5) is 24.7. The maximum atomic E-state index is 12.6. The van der Waals surface area contributed by atoms with Crippen molar-refractivity contribution in [3.63, 3.8) is 0 Å². The summed E-state index contributed by atoms with van der Waals surface area (Å²) >= 11 is 0. The highest BCUT2D eigenvalue weighted by molar-refractivity contribution is 6.10. The first-order valence-electron chi connectivity index (χ1n) is 7.73. The van der Waals surface area contributed by atoms with Crippen LogP contribution in [0, 0.1) is 12.8 Å². The number of ether oxygens (including phenoxy) is 1. The number of hydrogen-bond acceptors (Lipinski definition) is 4. The minimum absolute atomic E-state index is 0.0361. The first kappa shape index (κ1) is 13.1. The van der Waals surface area contributed by atoms with Gasteiger partial charge < -0.3 is 14.5 Å². The van der Waals surface area contributed by atoms with Gasteiger partial charge in [-0.25, -0.2) is 0 Å². The molecule has 2 fully saturated rings. The largest absolute Gasteiger partial charge is 0.465 e. The highest BCUT2D eigenvalue weighted by Gasteiger charge is 2.46. The summed E-state index contributed by atoms with van der Waals surface area (Å²) in [6.07, 6.45) is 4.27. The van der Waals surface area contributed by atoms with Crippen molar-refractivity contribution >= 4 is 11.7 Å². The molecule has 1 aromatic rings. The van der Waals surface area contributed by atoms with Crippen molar-refractivity contribution in [1.82, 2.24) is 5.32 Å². The van der Waals surface area contributed by atoms with E-state index in [1.54, 1.807) is 6.92 Å². The number of aryl methyl sites for hydroxylation is 2. The molecular formula is C16H19NO4. The fourth-order valence-electron chi connectivity index (χ4n) is 3.89. The number of carbonyl (C=O) groups excluding carboxylic acids is 2. The molecule has 112 valence electrons. The van der Waals surface area contributed by atoms with E-state index in [1.807, 2.05) is 0 Å². The zero-order valence-corrected chi connectivity index (χ0v) is 12.1. The minimum Gasteiger partial charge on any atom is -0.465 e. The normalized spacial score (nSPS) is 30.5. The topological polar surface area (TPSA) is 68.5 Å². The van der Waals surface area contributed by atoms with Crippen LogP contribution in [0.2, 0.25) is 0 Å². The number of carbonyl (C=O) groups is 2. The SMILES string of the molecule is Cc1oc2c(c1C(=O)N[C@H]1C[C@@H]3OCC[C@H]13)C(=O)CCC2. The van der Waals surface area contributed by atoms with Crippen molar-refractivity contribution in [3.8, 4) is 0 Å². The van der Waals surface area contributed by atoms with Gasteiger partial charge in [-0.05, 0) is 26.2 Å². The van der Waals surface area contributed by atoms with Crippen LogP contribution < -0.4 is 5.32 Å². The van der Waals surface area contributed by atoms with Crippen LogP contribution in [-0.2, 0) is 11.2 Å². The number of furan rings is 1. The van der Waals surface area contributed by atoms with Crippen LogP contribution in [-0.4, -0.2) is 30.4 Å². The number of fused-ring (bicyclic) bond motifs is 2. The van der Waals surface area contributed by atoms with E-state index in [1.165, 1.54) is 0 Å². The van der Waals surface area contributed by atoms with Gasteiger partial charge in [0, 0.05) is 31.4 Å². The van der Waals surface area contributed by atoms with E-state index in [4.69, 9.17) is 9.15 Å². The van der Waals surface area contributed by atoms with Gasteiger partial charge in [0.05, 0.1) is 17.2 Å². The Morgan fingerprint density at radius 1 is 1.33 bits per heavy atom. The van der Waals surface area contributed by atoms with E-state index in [-0.39, 0.29) is 17.7 Å². The minimum atomic E-state index is -0.164. The third kappa shape index (κ3) is 1.94. The first-order chi connectivity index (χ1) is 10.1. The predicted octanol–water partition coefficient (Wildman–Crippen LogP) is 2.01. The average molecular weight is 289 g/mol. The van der Waals surface area contributed by atoms with E-state index in [9.17, 15) is 9.59 Å². The number of ketones is 1. The molecule has 5 heteroatoms. The molecule has 3 aliphatic rings. The Labute approximate surface area is 123 Å². The summed E-state index contributed by atoms with van der Waals surface area (Å²) in [7, 11) is 0. The van der Waals surface area contributed by atoms with Gasteiger partial charge >= 0.3 is 0 Å².